The number of fused-ring (bicyclic) bond motifs is 1. The summed E-state index contributed by atoms with van der Waals surface area (Å²) in [5, 5.41) is 0.0827. The van der Waals surface area contributed by atoms with E-state index in [1.165, 1.54) is 7.11 Å². The van der Waals surface area contributed by atoms with Gasteiger partial charge in [-0.2, -0.15) is 0 Å². The van der Waals surface area contributed by atoms with Crippen molar-refractivity contribution in [1.29, 1.82) is 0 Å². The Kier molecular flexibility index (Phi) is 5.94. The van der Waals surface area contributed by atoms with Gasteiger partial charge in [0.15, 0.2) is 0 Å². The van der Waals surface area contributed by atoms with Crippen LogP contribution in [0, 0.1) is 0 Å². The Hall–Kier alpha value is -2.68. The number of imidazole rings is 1. The summed E-state index contributed by atoms with van der Waals surface area (Å²) in [6, 6.07) is 9.02. The molecule has 3 aromatic rings. The predicted molar refractivity (Wildman–Crippen MR) is 108 cm³/mol. The van der Waals surface area contributed by atoms with Crippen molar-refractivity contribution >= 4 is 28.6 Å². The average Bonchev–Trinajstić information content (AvgIpc) is 3.17. The molecule has 0 radical (unpaired) electrons. The lowest BCUT2D eigenvalue weighted by Crippen LogP contribution is -2.38. The van der Waals surface area contributed by atoms with E-state index in [0.717, 1.165) is 49.6 Å². The summed E-state index contributed by atoms with van der Waals surface area (Å²) in [7, 11) is 1.30. The second kappa shape index (κ2) is 8.77. The number of rotatable bonds is 6. The Morgan fingerprint density at radius 2 is 2.07 bits per heavy atom. The average molecular weight is 417 g/mol. The number of ether oxygens (including phenoxy) is 3. The molecule has 1 fully saturated rings. The zero-order chi connectivity index (χ0) is 20.2. The summed E-state index contributed by atoms with van der Waals surface area (Å²) in [6.45, 7) is 4.92. The monoisotopic (exact) mass is 416 g/mol. The number of carbonyl (C=O) groups is 1. The molecule has 0 aliphatic carbocycles. The van der Waals surface area contributed by atoms with Crippen molar-refractivity contribution < 1.29 is 19.0 Å². The molecule has 0 unspecified atom stereocenters. The summed E-state index contributed by atoms with van der Waals surface area (Å²) >= 11 is 6.14. The number of hydrogen-bond donors (Lipinski definition) is 0. The first-order valence-corrected chi connectivity index (χ1v) is 9.69. The van der Waals surface area contributed by atoms with Crippen molar-refractivity contribution in [2.24, 2.45) is 0 Å². The van der Waals surface area contributed by atoms with Gasteiger partial charge in [-0.25, -0.2) is 14.8 Å². The highest BCUT2D eigenvalue weighted by molar-refractivity contribution is 6.32. The molecule has 2 aromatic heterocycles. The Bertz CT molecular complexity index is 1020. The van der Waals surface area contributed by atoms with Crippen LogP contribution in [0.4, 0.5) is 0 Å². The molecule has 1 saturated heterocycles. The van der Waals surface area contributed by atoms with E-state index in [-0.39, 0.29) is 10.7 Å². The van der Waals surface area contributed by atoms with Crippen LogP contribution in [0.15, 0.2) is 36.7 Å². The van der Waals surface area contributed by atoms with Crippen LogP contribution in [0.3, 0.4) is 0 Å². The van der Waals surface area contributed by atoms with Gasteiger partial charge >= 0.3 is 5.97 Å². The molecule has 0 atom stereocenters. The number of hydrogen-bond acceptors (Lipinski definition) is 7. The second-order valence-electron chi connectivity index (χ2n) is 6.57. The molecule has 152 valence electrons. The number of halogens is 1. The van der Waals surface area contributed by atoms with Crippen molar-refractivity contribution in [3.05, 3.63) is 47.4 Å². The first kappa shape index (κ1) is 19.6. The van der Waals surface area contributed by atoms with E-state index >= 15 is 0 Å². The standard InChI is InChI=1S/C20H21ClN4O4/c1-27-20(26)15-3-5-18(23-19(15)21)25-13-22-16-12-14(2-4-17(16)25)29-11-8-24-6-9-28-10-7-24/h2-5,12-13H,6-11H2,1H3. The van der Waals surface area contributed by atoms with E-state index in [2.05, 4.69) is 14.9 Å². The van der Waals surface area contributed by atoms with Crippen LogP contribution in [0.25, 0.3) is 16.9 Å². The maximum Gasteiger partial charge on any atom is 0.341 e. The Labute approximate surface area is 173 Å². The first-order chi connectivity index (χ1) is 14.2. The van der Waals surface area contributed by atoms with E-state index < -0.39 is 5.97 Å². The Morgan fingerprint density at radius 1 is 1.24 bits per heavy atom. The summed E-state index contributed by atoms with van der Waals surface area (Å²) in [6.07, 6.45) is 1.67. The SMILES string of the molecule is COC(=O)c1ccc(-n2cnc3cc(OCCN4CCOCC4)ccc32)nc1Cl. The van der Waals surface area contributed by atoms with Crippen LogP contribution in [-0.2, 0) is 9.47 Å². The van der Waals surface area contributed by atoms with Crippen LogP contribution in [0.1, 0.15) is 10.4 Å². The minimum absolute atomic E-state index is 0.0827. The van der Waals surface area contributed by atoms with Gasteiger partial charge in [0.25, 0.3) is 0 Å². The van der Waals surface area contributed by atoms with Gasteiger partial charge < -0.3 is 14.2 Å². The number of pyridine rings is 1. The molecule has 8 nitrogen and oxygen atoms in total. The summed E-state index contributed by atoms with van der Waals surface area (Å²) in [5.74, 6) is 0.803. The Morgan fingerprint density at radius 3 is 2.83 bits per heavy atom. The highest BCUT2D eigenvalue weighted by Gasteiger charge is 2.15. The van der Waals surface area contributed by atoms with Gasteiger partial charge in [-0.1, -0.05) is 11.6 Å². The van der Waals surface area contributed by atoms with Gasteiger partial charge in [-0.3, -0.25) is 9.47 Å². The maximum atomic E-state index is 11.7. The molecule has 0 bridgehead atoms. The number of methoxy groups -OCH3 is 1. The lowest BCUT2D eigenvalue weighted by molar-refractivity contribution is 0.0322. The van der Waals surface area contributed by atoms with E-state index in [1.54, 1.807) is 23.0 Å². The fourth-order valence-electron chi connectivity index (χ4n) is 3.20. The molecule has 0 saturated carbocycles. The Balaban J connectivity index is 1.48. The van der Waals surface area contributed by atoms with Gasteiger partial charge in [0.05, 0.1) is 36.9 Å². The summed E-state index contributed by atoms with van der Waals surface area (Å²) in [5.41, 5.74) is 1.86. The van der Waals surface area contributed by atoms with Crippen LogP contribution in [0.5, 0.6) is 5.75 Å². The lowest BCUT2D eigenvalue weighted by atomic mass is 10.2. The molecular weight excluding hydrogens is 396 g/mol. The molecule has 1 aliphatic heterocycles. The van der Waals surface area contributed by atoms with Gasteiger partial charge in [-0.15, -0.1) is 0 Å². The van der Waals surface area contributed by atoms with E-state index in [1.807, 2.05) is 18.2 Å². The van der Waals surface area contributed by atoms with Gasteiger partial charge in [0.2, 0.25) is 0 Å². The van der Waals surface area contributed by atoms with E-state index in [0.29, 0.717) is 12.4 Å². The minimum atomic E-state index is -0.525. The van der Waals surface area contributed by atoms with E-state index in [9.17, 15) is 4.79 Å². The zero-order valence-corrected chi connectivity index (χ0v) is 16.8. The van der Waals surface area contributed by atoms with Gasteiger partial charge in [0.1, 0.15) is 29.7 Å². The maximum absolute atomic E-state index is 11.7. The van der Waals surface area contributed by atoms with Crippen LogP contribution >= 0.6 is 11.6 Å². The van der Waals surface area contributed by atoms with E-state index in [4.69, 9.17) is 25.8 Å². The minimum Gasteiger partial charge on any atom is -0.492 e. The molecule has 29 heavy (non-hydrogen) atoms. The van der Waals surface area contributed by atoms with Crippen LogP contribution < -0.4 is 4.74 Å². The third-order valence-corrected chi connectivity index (χ3v) is 5.07. The van der Waals surface area contributed by atoms with Gasteiger partial charge in [0, 0.05) is 25.7 Å². The fourth-order valence-corrected chi connectivity index (χ4v) is 3.43. The van der Waals surface area contributed by atoms with Crippen molar-refractivity contribution in [3.63, 3.8) is 0 Å². The second-order valence-corrected chi connectivity index (χ2v) is 6.92. The number of carbonyl (C=O) groups excluding carboxylic acids is 1. The van der Waals surface area contributed by atoms with Crippen molar-refractivity contribution in [1.82, 2.24) is 19.4 Å². The smallest absolute Gasteiger partial charge is 0.341 e. The number of esters is 1. The summed E-state index contributed by atoms with van der Waals surface area (Å²) in [4.78, 5) is 22.7. The zero-order valence-electron chi connectivity index (χ0n) is 16.0. The fraction of sp³-hybridized carbons (Fsp3) is 0.350. The number of nitrogens with zero attached hydrogens (tertiary/aromatic N) is 4. The molecule has 1 aliphatic rings. The molecule has 0 amide bonds. The topological polar surface area (TPSA) is 78.7 Å². The normalized spacial score (nSPS) is 14.8. The van der Waals surface area contributed by atoms with Crippen molar-refractivity contribution in [2.45, 2.75) is 0 Å². The highest BCUT2D eigenvalue weighted by atomic mass is 35.5. The number of morpholine rings is 1. The highest BCUT2D eigenvalue weighted by Crippen LogP contribution is 2.24. The largest absolute Gasteiger partial charge is 0.492 e. The molecule has 3 heterocycles. The van der Waals surface area contributed by atoms with Crippen molar-refractivity contribution in [3.8, 4) is 11.6 Å². The lowest BCUT2D eigenvalue weighted by Gasteiger charge is -2.26. The number of benzene rings is 1. The molecule has 0 spiro atoms. The summed E-state index contributed by atoms with van der Waals surface area (Å²) < 4.78 is 17.7. The molecule has 1 aromatic carbocycles. The molecular formula is C20H21ClN4O4. The van der Waals surface area contributed by atoms with Gasteiger partial charge in [-0.05, 0) is 24.3 Å². The van der Waals surface area contributed by atoms with Crippen LogP contribution in [-0.4, -0.2) is 72.0 Å². The first-order valence-electron chi connectivity index (χ1n) is 9.31. The molecule has 0 N–H and O–H groups in total. The van der Waals surface area contributed by atoms with Crippen molar-refractivity contribution in [2.75, 3.05) is 46.6 Å². The van der Waals surface area contributed by atoms with Crippen LogP contribution in [0.2, 0.25) is 5.15 Å². The quantitative estimate of drug-likeness (QED) is 0.451. The predicted octanol–water partition coefficient (Wildman–Crippen LogP) is 2.57. The third-order valence-electron chi connectivity index (χ3n) is 4.78. The number of aromatic nitrogens is 3. The molecule has 9 heteroatoms. The molecule has 4 rings (SSSR count). The third kappa shape index (κ3) is 4.34.